The lowest BCUT2D eigenvalue weighted by Crippen LogP contribution is -2.37. The van der Waals surface area contributed by atoms with E-state index in [9.17, 15) is 5.11 Å². The van der Waals surface area contributed by atoms with Crippen LogP contribution in [0.15, 0.2) is 28.7 Å². The zero-order valence-corrected chi connectivity index (χ0v) is 15.3. The number of rotatable bonds is 8. The molecule has 1 fully saturated rings. The Labute approximate surface area is 149 Å². The van der Waals surface area contributed by atoms with Crippen LogP contribution in [0, 0.1) is 0 Å². The van der Waals surface area contributed by atoms with Crippen molar-refractivity contribution in [1.29, 1.82) is 0 Å². The number of benzene rings is 1. The molecule has 25 heavy (non-hydrogen) atoms. The molecule has 0 spiro atoms. The van der Waals surface area contributed by atoms with Gasteiger partial charge in [0.15, 0.2) is 11.3 Å². The van der Waals surface area contributed by atoms with Gasteiger partial charge < -0.3 is 24.5 Å². The summed E-state index contributed by atoms with van der Waals surface area (Å²) in [6.45, 7) is 8.82. The van der Waals surface area contributed by atoms with Crippen molar-refractivity contribution >= 4 is 11.0 Å². The van der Waals surface area contributed by atoms with E-state index >= 15 is 0 Å². The normalized spacial score (nSPS) is 17.9. The standard InChI is InChI=1S/C20H30N2O3/c1-3-24-18-7-4-6-16-14-19(25-20(16)18)15(2)21-10-5-11-22-12-8-17(23)9-13-22/h4,6-7,14-15,17,21,23H,3,5,8-13H2,1-2H3. The van der Waals surface area contributed by atoms with Crippen molar-refractivity contribution in [3.63, 3.8) is 0 Å². The van der Waals surface area contributed by atoms with Crippen molar-refractivity contribution < 1.29 is 14.3 Å². The van der Waals surface area contributed by atoms with E-state index in [1.165, 1.54) is 0 Å². The van der Waals surface area contributed by atoms with E-state index in [2.05, 4.69) is 29.3 Å². The zero-order chi connectivity index (χ0) is 17.6. The fourth-order valence-electron chi connectivity index (χ4n) is 3.40. The van der Waals surface area contributed by atoms with Crippen LogP contribution in [-0.2, 0) is 0 Å². The van der Waals surface area contributed by atoms with E-state index in [4.69, 9.17) is 9.15 Å². The van der Waals surface area contributed by atoms with Crippen molar-refractivity contribution in [2.24, 2.45) is 0 Å². The molecule has 0 radical (unpaired) electrons. The lowest BCUT2D eigenvalue weighted by atomic mass is 10.1. The third-order valence-electron chi connectivity index (χ3n) is 4.91. The van der Waals surface area contributed by atoms with Crippen LogP contribution in [-0.4, -0.2) is 48.9 Å². The number of nitrogens with zero attached hydrogens (tertiary/aromatic N) is 1. The summed E-state index contributed by atoms with van der Waals surface area (Å²) in [7, 11) is 0. The van der Waals surface area contributed by atoms with E-state index in [0.29, 0.717) is 6.61 Å². The van der Waals surface area contributed by atoms with Crippen molar-refractivity contribution in [1.82, 2.24) is 10.2 Å². The van der Waals surface area contributed by atoms with Crippen LogP contribution >= 0.6 is 0 Å². The zero-order valence-electron chi connectivity index (χ0n) is 15.3. The predicted molar refractivity (Wildman–Crippen MR) is 100 cm³/mol. The number of hydrogen-bond acceptors (Lipinski definition) is 5. The summed E-state index contributed by atoms with van der Waals surface area (Å²) in [6, 6.07) is 8.28. The summed E-state index contributed by atoms with van der Waals surface area (Å²) in [5.74, 6) is 1.76. The highest BCUT2D eigenvalue weighted by atomic mass is 16.5. The first-order valence-electron chi connectivity index (χ1n) is 9.46. The van der Waals surface area contributed by atoms with Crippen LogP contribution in [0.25, 0.3) is 11.0 Å². The van der Waals surface area contributed by atoms with Gasteiger partial charge in [0.2, 0.25) is 0 Å². The molecule has 1 aromatic heterocycles. The quantitative estimate of drug-likeness (QED) is 0.718. The van der Waals surface area contributed by atoms with Gasteiger partial charge in [-0.05, 0) is 58.3 Å². The lowest BCUT2D eigenvalue weighted by Gasteiger charge is -2.29. The molecule has 1 aliphatic rings. The molecule has 138 valence electrons. The van der Waals surface area contributed by atoms with E-state index < -0.39 is 0 Å². The highest BCUT2D eigenvalue weighted by molar-refractivity contribution is 5.83. The Kier molecular flexibility index (Phi) is 6.34. The molecule has 1 aliphatic heterocycles. The van der Waals surface area contributed by atoms with Gasteiger partial charge in [-0.15, -0.1) is 0 Å². The monoisotopic (exact) mass is 346 g/mol. The van der Waals surface area contributed by atoms with Crippen LogP contribution in [0.3, 0.4) is 0 Å². The van der Waals surface area contributed by atoms with Crippen molar-refractivity contribution in [3.05, 3.63) is 30.0 Å². The molecule has 3 rings (SSSR count). The summed E-state index contributed by atoms with van der Waals surface area (Å²) in [6.07, 6.45) is 2.82. The van der Waals surface area contributed by atoms with Crippen LogP contribution in [0.2, 0.25) is 0 Å². The number of aliphatic hydroxyl groups excluding tert-OH is 1. The molecule has 1 atom stereocenters. The molecule has 0 amide bonds. The number of furan rings is 1. The van der Waals surface area contributed by atoms with E-state index in [0.717, 1.165) is 67.9 Å². The van der Waals surface area contributed by atoms with Crippen molar-refractivity contribution in [3.8, 4) is 5.75 Å². The Hall–Kier alpha value is -1.56. The molecule has 2 aromatic rings. The maximum atomic E-state index is 9.55. The second-order valence-corrected chi connectivity index (χ2v) is 6.86. The van der Waals surface area contributed by atoms with Gasteiger partial charge >= 0.3 is 0 Å². The maximum absolute atomic E-state index is 9.55. The Morgan fingerprint density at radius 2 is 2.16 bits per heavy atom. The molecule has 0 bridgehead atoms. The molecule has 2 N–H and O–H groups in total. The van der Waals surface area contributed by atoms with Gasteiger partial charge in [-0.3, -0.25) is 0 Å². The minimum atomic E-state index is -0.0935. The van der Waals surface area contributed by atoms with Crippen molar-refractivity contribution in [2.45, 2.75) is 45.3 Å². The lowest BCUT2D eigenvalue weighted by molar-refractivity contribution is 0.0820. The molecule has 5 heteroatoms. The second kappa shape index (κ2) is 8.70. The Balaban J connectivity index is 1.49. The summed E-state index contributed by atoms with van der Waals surface area (Å²) in [5, 5.41) is 14.2. The first-order valence-corrected chi connectivity index (χ1v) is 9.46. The molecule has 1 saturated heterocycles. The van der Waals surface area contributed by atoms with Gasteiger partial charge in [-0.25, -0.2) is 0 Å². The second-order valence-electron chi connectivity index (χ2n) is 6.86. The van der Waals surface area contributed by atoms with Crippen molar-refractivity contribution in [2.75, 3.05) is 32.8 Å². The van der Waals surface area contributed by atoms with E-state index in [1.54, 1.807) is 0 Å². The molecule has 0 saturated carbocycles. The summed E-state index contributed by atoms with van der Waals surface area (Å²) in [5.41, 5.74) is 0.833. The molecule has 1 aromatic carbocycles. The minimum absolute atomic E-state index is 0.0935. The number of para-hydroxylation sites is 1. The Morgan fingerprint density at radius 1 is 1.36 bits per heavy atom. The van der Waals surface area contributed by atoms with E-state index in [1.807, 2.05) is 19.1 Å². The van der Waals surface area contributed by atoms with Gasteiger partial charge in [0.05, 0.1) is 18.8 Å². The highest BCUT2D eigenvalue weighted by Gasteiger charge is 2.17. The maximum Gasteiger partial charge on any atom is 0.176 e. The highest BCUT2D eigenvalue weighted by Crippen LogP contribution is 2.31. The summed E-state index contributed by atoms with van der Waals surface area (Å²) < 4.78 is 11.7. The number of fused-ring (bicyclic) bond motifs is 1. The van der Waals surface area contributed by atoms with Crippen LogP contribution < -0.4 is 10.1 Å². The van der Waals surface area contributed by atoms with Crippen LogP contribution in [0.4, 0.5) is 0 Å². The Bertz CT molecular complexity index is 662. The molecule has 2 heterocycles. The molecule has 0 aliphatic carbocycles. The summed E-state index contributed by atoms with van der Waals surface area (Å²) >= 11 is 0. The fourth-order valence-corrected chi connectivity index (χ4v) is 3.40. The molecular weight excluding hydrogens is 316 g/mol. The first kappa shape index (κ1) is 18.2. The summed E-state index contributed by atoms with van der Waals surface area (Å²) in [4.78, 5) is 2.44. The number of aliphatic hydroxyl groups is 1. The van der Waals surface area contributed by atoms with Gasteiger partial charge in [0.1, 0.15) is 5.76 Å². The number of hydrogen-bond donors (Lipinski definition) is 2. The topological polar surface area (TPSA) is 57.9 Å². The SMILES string of the molecule is CCOc1cccc2cc(C(C)NCCCN3CCC(O)CC3)oc12. The third-order valence-corrected chi connectivity index (χ3v) is 4.91. The molecular formula is C20H30N2O3. The minimum Gasteiger partial charge on any atom is -0.490 e. The molecule has 5 nitrogen and oxygen atoms in total. The average Bonchev–Trinajstić information content (AvgIpc) is 3.06. The van der Waals surface area contributed by atoms with E-state index in [-0.39, 0.29) is 12.1 Å². The van der Waals surface area contributed by atoms with Crippen LogP contribution in [0.5, 0.6) is 5.75 Å². The largest absolute Gasteiger partial charge is 0.490 e. The fraction of sp³-hybridized carbons (Fsp3) is 0.600. The number of piperidine rings is 1. The number of nitrogens with one attached hydrogen (secondary N) is 1. The molecule has 1 unspecified atom stereocenters. The van der Waals surface area contributed by atoms with Gasteiger partial charge in [-0.1, -0.05) is 12.1 Å². The average molecular weight is 346 g/mol. The Morgan fingerprint density at radius 3 is 2.92 bits per heavy atom. The third kappa shape index (κ3) is 4.75. The number of likely N-dealkylation sites (tertiary alicyclic amines) is 1. The number of ether oxygens (including phenoxy) is 1. The predicted octanol–water partition coefficient (Wildman–Crippen LogP) is 3.33. The first-order chi connectivity index (χ1) is 12.2. The van der Waals surface area contributed by atoms with Gasteiger partial charge in [-0.2, -0.15) is 0 Å². The van der Waals surface area contributed by atoms with Gasteiger partial charge in [0, 0.05) is 18.5 Å². The smallest absolute Gasteiger partial charge is 0.176 e. The van der Waals surface area contributed by atoms with Crippen LogP contribution in [0.1, 0.15) is 44.9 Å². The van der Waals surface area contributed by atoms with Gasteiger partial charge in [0.25, 0.3) is 0 Å².